The summed E-state index contributed by atoms with van der Waals surface area (Å²) in [5, 5.41) is 0. The molecule has 1 atom stereocenters. The van der Waals surface area contributed by atoms with Gasteiger partial charge in [0.25, 0.3) is 0 Å². The van der Waals surface area contributed by atoms with Crippen molar-refractivity contribution in [2.45, 2.75) is 39.5 Å². The van der Waals surface area contributed by atoms with Crippen LogP contribution >= 0.6 is 8.03 Å². The van der Waals surface area contributed by atoms with Crippen LogP contribution in [0.3, 0.4) is 0 Å². The molecule has 0 aromatic rings. The molecule has 1 rings (SSSR count). The Morgan fingerprint density at radius 3 is 2.50 bits per heavy atom. The van der Waals surface area contributed by atoms with E-state index in [1.807, 2.05) is 6.92 Å². The maximum Gasteiger partial charge on any atom is 0.516 e. The first-order valence-electron chi connectivity index (χ1n) is 5.19. The van der Waals surface area contributed by atoms with Crippen molar-refractivity contribution >= 4 is 13.8 Å². The monoisotopic (exact) mass is 217 g/mol. The van der Waals surface area contributed by atoms with E-state index in [0.29, 0.717) is 6.61 Å². The Morgan fingerprint density at radius 2 is 2.00 bits per heavy atom. The molecule has 0 N–H and O–H groups in total. The van der Waals surface area contributed by atoms with Crippen LogP contribution in [-0.4, -0.2) is 18.6 Å². The molecule has 3 nitrogen and oxygen atoms in total. The summed E-state index contributed by atoms with van der Waals surface area (Å²) < 4.78 is 16.2. The molecule has 0 radical (unpaired) electrons. The van der Waals surface area contributed by atoms with Gasteiger partial charge in [-0.25, -0.2) is 0 Å². The van der Waals surface area contributed by atoms with Crippen molar-refractivity contribution in [2.75, 3.05) is 12.8 Å². The van der Waals surface area contributed by atoms with E-state index in [-0.39, 0.29) is 17.4 Å². The first-order chi connectivity index (χ1) is 6.58. The maximum atomic E-state index is 11.8. The zero-order chi connectivity index (χ0) is 10.6. The standard InChI is InChI=1S/C10H18O3P/c1-3-13-14(12)8-9(11)10(2)6-4-5-7-10/h3-8H2,1-2H3/q+1. The van der Waals surface area contributed by atoms with Gasteiger partial charge in [0.15, 0.2) is 5.78 Å². The molecule has 0 aliphatic heterocycles. The molecule has 4 heteroatoms. The van der Waals surface area contributed by atoms with Gasteiger partial charge in [-0.1, -0.05) is 19.8 Å². The van der Waals surface area contributed by atoms with Crippen molar-refractivity contribution in [3.63, 3.8) is 0 Å². The number of Topliss-reactive ketones (excluding diaryl/α,β-unsaturated/α-hetero) is 1. The SMILES string of the molecule is CCO[P+](=O)CC(=O)C1(C)CCCC1. The topological polar surface area (TPSA) is 43.4 Å². The smallest absolute Gasteiger partial charge is 0.294 e. The predicted octanol–water partition coefficient (Wildman–Crippen LogP) is 2.91. The van der Waals surface area contributed by atoms with E-state index >= 15 is 0 Å². The summed E-state index contributed by atoms with van der Waals surface area (Å²) in [6, 6.07) is 0. The first-order valence-corrected chi connectivity index (χ1v) is 6.55. The number of ketones is 1. The summed E-state index contributed by atoms with van der Waals surface area (Å²) >= 11 is 0. The molecule has 0 amide bonds. The molecule has 0 spiro atoms. The number of hydrogen-bond donors (Lipinski definition) is 0. The maximum absolute atomic E-state index is 11.8. The van der Waals surface area contributed by atoms with Gasteiger partial charge in [-0.05, 0) is 24.3 Å². The van der Waals surface area contributed by atoms with E-state index in [1.165, 1.54) is 0 Å². The van der Waals surface area contributed by atoms with Gasteiger partial charge in [0.05, 0.1) is 6.61 Å². The van der Waals surface area contributed by atoms with Gasteiger partial charge in [-0.15, -0.1) is 4.52 Å². The highest BCUT2D eigenvalue weighted by Crippen LogP contribution is 2.40. The van der Waals surface area contributed by atoms with Gasteiger partial charge >= 0.3 is 8.03 Å². The van der Waals surface area contributed by atoms with Crippen LogP contribution in [0.2, 0.25) is 0 Å². The van der Waals surface area contributed by atoms with Crippen molar-refractivity contribution in [3.05, 3.63) is 0 Å². The average molecular weight is 217 g/mol. The van der Waals surface area contributed by atoms with Gasteiger partial charge < -0.3 is 0 Å². The lowest BCUT2D eigenvalue weighted by molar-refractivity contribution is -0.125. The van der Waals surface area contributed by atoms with E-state index in [2.05, 4.69) is 0 Å². The second kappa shape index (κ2) is 4.99. The summed E-state index contributed by atoms with van der Waals surface area (Å²) in [4.78, 5) is 11.8. The lowest BCUT2D eigenvalue weighted by Gasteiger charge is -2.18. The summed E-state index contributed by atoms with van der Waals surface area (Å²) in [5.74, 6) is 0.115. The van der Waals surface area contributed by atoms with Crippen LogP contribution in [0.5, 0.6) is 0 Å². The molecule has 1 aliphatic carbocycles. The summed E-state index contributed by atoms with van der Waals surface area (Å²) in [7, 11) is -1.77. The fourth-order valence-electron chi connectivity index (χ4n) is 1.93. The molecule has 1 saturated carbocycles. The quantitative estimate of drug-likeness (QED) is 0.665. The molecular weight excluding hydrogens is 199 g/mol. The van der Waals surface area contributed by atoms with Crippen molar-refractivity contribution in [2.24, 2.45) is 5.41 Å². The van der Waals surface area contributed by atoms with E-state index < -0.39 is 8.03 Å². The minimum atomic E-state index is -1.77. The van der Waals surface area contributed by atoms with Gasteiger partial charge in [0, 0.05) is 5.41 Å². The fourth-order valence-corrected chi connectivity index (χ4v) is 2.93. The molecule has 0 saturated heterocycles. The molecule has 1 unspecified atom stereocenters. The lowest BCUT2D eigenvalue weighted by atomic mass is 9.85. The number of carbonyl (C=O) groups excluding carboxylic acids is 1. The third-order valence-corrected chi connectivity index (χ3v) is 4.02. The highest BCUT2D eigenvalue weighted by Gasteiger charge is 2.40. The van der Waals surface area contributed by atoms with Gasteiger partial charge in [-0.2, -0.15) is 0 Å². The van der Waals surface area contributed by atoms with Gasteiger partial charge in [-0.3, -0.25) is 4.79 Å². The fraction of sp³-hybridized carbons (Fsp3) is 0.900. The summed E-state index contributed by atoms with van der Waals surface area (Å²) in [6.07, 6.45) is 4.23. The molecule has 0 bridgehead atoms. The summed E-state index contributed by atoms with van der Waals surface area (Å²) in [5.41, 5.74) is -0.220. The third kappa shape index (κ3) is 2.86. The van der Waals surface area contributed by atoms with Gasteiger partial charge in [0.2, 0.25) is 6.16 Å². The number of rotatable bonds is 5. The Hall–Kier alpha value is -0.270. The molecule has 1 aliphatic rings. The average Bonchev–Trinajstić information content (AvgIpc) is 2.54. The predicted molar refractivity (Wildman–Crippen MR) is 55.7 cm³/mol. The molecule has 80 valence electrons. The molecule has 0 aromatic carbocycles. The number of hydrogen-bond acceptors (Lipinski definition) is 3. The van der Waals surface area contributed by atoms with Crippen LogP contribution in [0.15, 0.2) is 0 Å². The zero-order valence-electron chi connectivity index (χ0n) is 8.91. The van der Waals surface area contributed by atoms with Crippen molar-refractivity contribution in [1.82, 2.24) is 0 Å². The Kier molecular flexibility index (Phi) is 4.21. The Morgan fingerprint density at radius 1 is 1.43 bits per heavy atom. The summed E-state index contributed by atoms with van der Waals surface area (Å²) in [6.45, 7) is 4.19. The number of carbonyl (C=O) groups is 1. The van der Waals surface area contributed by atoms with Crippen LogP contribution in [-0.2, 0) is 13.9 Å². The van der Waals surface area contributed by atoms with Gasteiger partial charge in [0.1, 0.15) is 0 Å². The zero-order valence-corrected chi connectivity index (χ0v) is 9.81. The van der Waals surface area contributed by atoms with E-state index in [9.17, 15) is 9.36 Å². The minimum absolute atomic E-state index is 0.0969. The van der Waals surface area contributed by atoms with Crippen LogP contribution in [0.25, 0.3) is 0 Å². The van der Waals surface area contributed by atoms with Crippen molar-refractivity contribution < 1.29 is 13.9 Å². The van der Waals surface area contributed by atoms with E-state index in [0.717, 1.165) is 25.7 Å². The van der Waals surface area contributed by atoms with E-state index in [4.69, 9.17) is 4.52 Å². The molecule has 14 heavy (non-hydrogen) atoms. The van der Waals surface area contributed by atoms with Crippen LogP contribution in [0.4, 0.5) is 0 Å². The lowest BCUT2D eigenvalue weighted by Crippen LogP contribution is -2.26. The van der Waals surface area contributed by atoms with Crippen LogP contribution in [0.1, 0.15) is 39.5 Å². The van der Waals surface area contributed by atoms with Crippen molar-refractivity contribution in [1.29, 1.82) is 0 Å². The third-order valence-electron chi connectivity index (χ3n) is 2.93. The highest BCUT2D eigenvalue weighted by molar-refractivity contribution is 7.40. The van der Waals surface area contributed by atoms with Crippen LogP contribution in [0, 0.1) is 5.41 Å². The van der Waals surface area contributed by atoms with Crippen LogP contribution < -0.4 is 0 Å². The Bertz CT molecular complexity index is 232. The van der Waals surface area contributed by atoms with E-state index in [1.54, 1.807) is 6.92 Å². The Labute approximate surface area is 86.1 Å². The minimum Gasteiger partial charge on any atom is -0.294 e. The molecular formula is C10H18O3P+. The normalized spacial score (nSPS) is 20.9. The van der Waals surface area contributed by atoms with Crippen molar-refractivity contribution in [3.8, 4) is 0 Å². The Balaban J connectivity index is 2.45. The molecule has 0 aromatic heterocycles. The second-order valence-corrected chi connectivity index (χ2v) is 5.34. The molecule has 0 heterocycles. The molecule has 1 fully saturated rings. The largest absolute Gasteiger partial charge is 0.516 e. The second-order valence-electron chi connectivity index (χ2n) is 4.10. The first kappa shape index (κ1) is 11.8. The highest BCUT2D eigenvalue weighted by atomic mass is 31.1.